The number of carbonyl (C=O) groups is 2. The summed E-state index contributed by atoms with van der Waals surface area (Å²) in [7, 11) is 0. The highest BCUT2D eigenvalue weighted by Gasteiger charge is 2.38. The summed E-state index contributed by atoms with van der Waals surface area (Å²) in [6.45, 7) is 6.10. The molecule has 0 spiro atoms. The number of halogens is 3. The van der Waals surface area contributed by atoms with Crippen LogP contribution in [-0.4, -0.2) is 71.9 Å². The second-order valence-electron chi connectivity index (χ2n) is 12.4. The lowest BCUT2D eigenvalue weighted by Gasteiger charge is -2.35. The minimum absolute atomic E-state index is 0.0652. The molecule has 46 heavy (non-hydrogen) atoms. The number of hydrogen-bond acceptors (Lipinski definition) is 5. The number of aryl methyl sites for hydroxylation is 1. The van der Waals surface area contributed by atoms with E-state index in [0.717, 1.165) is 22.2 Å². The van der Waals surface area contributed by atoms with E-state index in [4.69, 9.17) is 6.42 Å². The maximum absolute atomic E-state index is 13.8. The molecule has 0 bridgehead atoms. The molecule has 2 fully saturated rings. The second kappa shape index (κ2) is 12.6. The Morgan fingerprint density at radius 3 is 2.52 bits per heavy atom. The molecule has 1 saturated heterocycles. The first-order chi connectivity index (χ1) is 22.0. The van der Waals surface area contributed by atoms with Crippen LogP contribution in [-0.2, 0) is 23.9 Å². The molecule has 6 rings (SSSR count). The Labute approximate surface area is 265 Å². The Morgan fingerprint density at radius 1 is 1.09 bits per heavy atom. The number of aromatic nitrogens is 5. The van der Waals surface area contributed by atoms with Crippen molar-refractivity contribution in [2.45, 2.75) is 58.7 Å². The highest BCUT2D eigenvalue weighted by atomic mass is 19.4. The Hall–Kier alpha value is -4.66. The first-order valence-corrected chi connectivity index (χ1v) is 15.6. The van der Waals surface area contributed by atoms with Crippen LogP contribution in [0.2, 0.25) is 0 Å². The fourth-order valence-electron chi connectivity index (χ4n) is 6.77. The van der Waals surface area contributed by atoms with Gasteiger partial charge in [-0.3, -0.25) is 23.7 Å². The van der Waals surface area contributed by atoms with E-state index in [1.54, 1.807) is 21.6 Å². The summed E-state index contributed by atoms with van der Waals surface area (Å²) in [4.78, 5) is 38.9. The van der Waals surface area contributed by atoms with Crippen molar-refractivity contribution in [1.82, 2.24) is 33.9 Å². The SMILES string of the molecule is C#CCn1cc(-c2cnc3c(Cc4ccc(C(=O)N5CCN(C(=O)C[C@@H]6CCC[C@H]6C)CC5)c(C)c4)nccn23)c(C(F)(F)F)n1. The van der Waals surface area contributed by atoms with Gasteiger partial charge in [-0.2, -0.15) is 18.3 Å². The highest BCUT2D eigenvalue weighted by molar-refractivity contribution is 5.96. The van der Waals surface area contributed by atoms with Gasteiger partial charge in [0.1, 0.15) is 6.54 Å². The summed E-state index contributed by atoms with van der Waals surface area (Å²) in [5.74, 6) is 3.51. The number of imidazole rings is 1. The van der Waals surface area contributed by atoms with Crippen molar-refractivity contribution in [3.8, 4) is 23.6 Å². The summed E-state index contributed by atoms with van der Waals surface area (Å²) in [6, 6.07) is 5.60. The molecule has 1 aliphatic carbocycles. The van der Waals surface area contributed by atoms with Crippen molar-refractivity contribution in [2.75, 3.05) is 26.2 Å². The molecule has 3 aromatic heterocycles. The minimum Gasteiger partial charge on any atom is -0.339 e. The third-order valence-electron chi connectivity index (χ3n) is 9.35. The average Bonchev–Trinajstić information content (AvgIpc) is 3.76. The number of fused-ring (bicyclic) bond motifs is 1. The molecule has 0 N–H and O–H groups in total. The molecule has 2 atom stereocenters. The second-order valence-corrected chi connectivity index (χ2v) is 12.4. The van der Waals surface area contributed by atoms with Crippen molar-refractivity contribution < 1.29 is 22.8 Å². The van der Waals surface area contributed by atoms with Gasteiger partial charge in [0.25, 0.3) is 5.91 Å². The number of amides is 2. The van der Waals surface area contributed by atoms with Gasteiger partial charge in [-0.15, -0.1) is 6.42 Å². The van der Waals surface area contributed by atoms with Crippen LogP contribution in [0.1, 0.15) is 65.5 Å². The van der Waals surface area contributed by atoms with Gasteiger partial charge in [-0.05, 0) is 42.4 Å². The van der Waals surface area contributed by atoms with E-state index in [9.17, 15) is 22.8 Å². The maximum atomic E-state index is 13.8. The fourth-order valence-corrected chi connectivity index (χ4v) is 6.77. The summed E-state index contributed by atoms with van der Waals surface area (Å²) in [5.41, 5.74) is 2.34. The molecular weight excluding hydrogens is 595 g/mol. The van der Waals surface area contributed by atoms with E-state index in [2.05, 4.69) is 27.9 Å². The summed E-state index contributed by atoms with van der Waals surface area (Å²) < 4.78 is 44.1. The first kappa shape index (κ1) is 31.3. The van der Waals surface area contributed by atoms with Crippen molar-refractivity contribution in [1.29, 1.82) is 0 Å². The lowest BCUT2D eigenvalue weighted by atomic mass is 9.94. The number of alkyl halides is 3. The van der Waals surface area contributed by atoms with Gasteiger partial charge < -0.3 is 9.80 Å². The lowest BCUT2D eigenvalue weighted by Crippen LogP contribution is -2.51. The van der Waals surface area contributed by atoms with Gasteiger partial charge in [0.05, 0.1) is 23.1 Å². The summed E-state index contributed by atoms with van der Waals surface area (Å²) in [6.07, 6.45) is 10.8. The highest BCUT2D eigenvalue weighted by Crippen LogP contribution is 2.37. The standard InChI is InChI=1S/C34H36F3N7O2/c1-4-11-43-21-27(31(40-43)34(35,36)37)29-20-39-32-28(38-10-12-44(29)32)18-24-8-9-26(23(3)17-24)33(46)42-15-13-41(14-16-42)30(45)19-25-7-5-6-22(25)2/h1,8-10,12,17,20-22,25H,5-7,11,13-16,18-19H2,2-3H3/t22-,25+/m1/s1. The van der Waals surface area contributed by atoms with Crippen LogP contribution in [0.3, 0.4) is 0 Å². The predicted molar refractivity (Wildman–Crippen MR) is 166 cm³/mol. The van der Waals surface area contributed by atoms with Crippen LogP contribution in [0.5, 0.6) is 0 Å². The molecule has 0 unspecified atom stereocenters. The smallest absolute Gasteiger partial charge is 0.339 e. The summed E-state index contributed by atoms with van der Waals surface area (Å²) in [5, 5.41) is 3.67. The molecule has 0 radical (unpaired) electrons. The largest absolute Gasteiger partial charge is 0.435 e. The van der Waals surface area contributed by atoms with E-state index in [0.29, 0.717) is 67.8 Å². The lowest BCUT2D eigenvalue weighted by molar-refractivity contribution is -0.141. The zero-order chi connectivity index (χ0) is 32.6. The molecule has 240 valence electrons. The number of hydrogen-bond donors (Lipinski definition) is 0. The number of terminal acetylenes is 1. The third-order valence-corrected chi connectivity index (χ3v) is 9.35. The first-order valence-electron chi connectivity index (χ1n) is 15.6. The number of rotatable bonds is 7. The van der Waals surface area contributed by atoms with E-state index in [1.165, 1.54) is 31.4 Å². The van der Waals surface area contributed by atoms with Gasteiger partial charge in [-0.1, -0.05) is 37.8 Å². The monoisotopic (exact) mass is 631 g/mol. The number of piperazine rings is 1. The van der Waals surface area contributed by atoms with Crippen molar-refractivity contribution >= 4 is 17.5 Å². The predicted octanol–water partition coefficient (Wildman–Crippen LogP) is 5.25. The van der Waals surface area contributed by atoms with Crippen molar-refractivity contribution in [2.24, 2.45) is 11.8 Å². The fraction of sp³-hybridized carbons (Fsp3) is 0.441. The van der Waals surface area contributed by atoms with Crippen LogP contribution < -0.4 is 0 Å². The van der Waals surface area contributed by atoms with Crippen LogP contribution in [0.25, 0.3) is 16.9 Å². The van der Waals surface area contributed by atoms with E-state index < -0.39 is 11.9 Å². The van der Waals surface area contributed by atoms with Gasteiger partial charge in [-0.25, -0.2) is 4.98 Å². The van der Waals surface area contributed by atoms with Gasteiger partial charge in [0, 0.05) is 63.2 Å². The van der Waals surface area contributed by atoms with Gasteiger partial charge in [0.15, 0.2) is 11.3 Å². The number of nitrogens with zero attached hydrogens (tertiary/aromatic N) is 7. The normalized spacial score (nSPS) is 18.7. The topological polar surface area (TPSA) is 88.6 Å². The van der Waals surface area contributed by atoms with Crippen LogP contribution in [0, 0.1) is 31.1 Å². The third kappa shape index (κ3) is 6.23. The van der Waals surface area contributed by atoms with Crippen LogP contribution >= 0.6 is 0 Å². The maximum Gasteiger partial charge on any atom is 0.435 e. The molecule has 9 nitrogen and oxygen atoms in total. The van der Waals surface area contributed by atoms with Crippen LogP contribution in [0.15, 0.2) is 43.0 Å². The molecular formula is C34H36F3N7O2. The minimum atomic E-state index is -4.68. The van der Waals surface area contributed by atoms with E-state index >= 15 is 0 Å². The Morgan fingerprint density at radius 2 is 1.85 bits per heavy atom. The van der Waals surface area contributed by atoms with Gasteiger partial charge in [0.2, 0.25) is 5.91 Å². The molecule has 1 saturated carbocycles. The Kier molecular flexibility index (Phi) is 8.59. The Balaban J connectivity index is 1.15. The summed E-state index contributed by atoms with van der Waals surface area (Å²) >= 11 is 0. The molecule has 1 aliphatic heterocycles. The molecule has 2 amide bonds. The van der Waals surface area contributed by atoms with E-state index in [-0.39, 0.29) is 29.6 Å². The Bertz CT molecular complexity index is 1810. The van der Waals surface area contributed by atoms with Crippen molar-refractivity contribution in [3.05, 3.63) is 71.1 Å². The quantitative estimate of drug-likeness (QED) is 0.260. The van der Waals surface area contributed by atoms with Gasteiger partial charge >= 0.3 is 6.18 Å². The number of benzene rings is 1. The zero-order valence-electron chi connectivity index (χ0n) is 25.9. The zero-order valence-corrected chi connectivity index (χ0v) is 25.9. The van der Waals surface area contributed by atoms with Crippen molar-refractivity contribution in [3.63, 3.8) is 0 Å². The van der Waals surface area contributed by atoms with E-state index in [1.807, 2.05) is 24.0 Å². The molecule has 12 heteroatoms. The molecule has 2 aliphatic rings. The molecule has 4 heterocycles. The molecule has 1 aromatic carbocycles. The molecule has 4 aromatic rings. The number of carbonyl (C=O) groups excluding carboxylic acids is 2. The average molecular weight is 632 g/mol. The van der Waals surface area contributed by atoms with Crippen LogP contribution in [0.4, 0.5) is 13.2 Å².